The maximum Gasteiger partial charge on any atom is 0.256 e. The average molecular weight is 388 g/mol. The molecule has 0 amide bonds. The molecule has 1 fully saturated rings. The lowest BCUT2D eigenvalue weighted by atomic mass is 9.89. The molecule has 0 spiro atoms. The molecule has 1 unspecified atom stereocenters. The molecule has 2 aliphatic rings. The fourth-order valence-electron chi connectivity index (χ4n) is 3.50. The Morgan fingerprint density at radius 3 is 2.48 bits per heavy atom. The van der Waals surface area contributed by atoms with Crippen LogP contribution >= 0.6 is 0 Å². The van der Waals surface area contributed by atoms with Gasteiger partial charge in [0.15, 0.2) is 11.5 Å². The minimum absolute atomic E-state index is 0.0411. The fraction of sp³-hybridized carbons (Fsp3) is 0.316. The molecular formula is C19H20N2O5S. The van der Waals surface area contributed by atoms with Gasteiger partial charge in [-0.25, -0.2) is 8.42 Å². The minimum atomic E-state index is -3.37. The zero-order chi connectivity index (χ0) is 19.0. The quantitative estimate of drug-likeness (QED) is 0.785. The molecular weight excluding hydrogens is 368 g/mol. The van der Waals surface area contributed by atoms with E-state index in [0.717, 1.165) is 24.9 Å². The number of rotatable bonds is 3. The monoisotopic (exact) mass is 388 g/mol. The van der Waals surface area contributed by atoms with Crippen LogP contribution in [0.4, 0.5) is 0 Å². The standard InChI is InChI=1S/C19H20N2O5S/c22-17-8-7-15(12-18(17)23)26-14-5-3-13(4-6-14)16-2-1-9-21-10-11-27(24,25)20-19(16)21/h3-8,12,16,22-23H,1-2,9-11H2. The highest BCUT2D eigenvalue weighted by Gasteiger charge is 2.33. The van der Waals surface area contributed by atoms with E-state index in [1.165, 1.54) is 12.1 Å². The molecule has 2 aromatic carbocycles. The van der Waals surface area contributed by atoms with E-state index < -0.39 is 10.0 Å². The Hall–Kier alpha value is -2.74. The van der Waals surface area contributed by atoms with E-state index in [1.54, 1.807) is 18.2 Å². The van der Waals surface area contributed by atoms with Crippen molar-refractivity contribution < 1.29 is 23.4 Å². The Bertz CT molecular complexity index is 986. The molecule has 0 radical (unpaired) electrons. The molecule has 1 atom stereocenters. The van der Waals surface area contributed by atoms with Gasteiger partial charge in [-0.05, 0) is 42.7 Å². The Balaban J connectivity index is 1.56. The number of phenols is 2. The molecule has 0 bridgehead atoms. The molecule has 0 saturated carbocycles. The number of phenolic OH excluding ortho intramolecular Hbond substituents is 2. The summed E-state index contributed by atoms with van der Waals surface area (Å²) in [5.41, 5.74) is 0.997. The second-order valence-corrected chi connectivity index (χ2v) is 8.49. The lowest BCUT2D eigenvalue weighted by Crippen LogP contribution is -2.46. The van der Waals surface area contributed by atoms with Gasteiger partial charge in [-0.15, -0.1) is 4.40 Å². The summed E-state index contributed by atoms with van der Waals surface area (Å²) in [7, 11) is -3.37. The average Bonchev–Trinajstić information content (AvgIpc) is 2.64. The van der Waals surface area contributed by atoms with Crippen molar-refractivity contribution >= 4 is 15.9 Å². The van der Waals surface area contributed by atoms with Crippen molar-refractivity contribution in [3.05, 3.63) is 48.0 Å². The van der Waals surface area contributed by atoms with Gasteiger partial charge in [-0.1, -0.05) is 12.1 Å². The van der Waals surface area contributed by atoms with Gasteiger partial charge in [-0.3, -0.25) is 0 Å². The van der Waals surface area contributed by atoms with Crippen molar-refractivity contribution in [2.75, 3.05) is 18.8 Å². The number of aromatic hydroxyl groups is 2. The second-order valence-electron chi connectivity index (χ2n) is 6.74. The molecule has 8 heteroatoms. The zero-order valence-corrected chi connectivity index (χ0v) is 15.4. The normalized spacial score (nSPS) is 21.3. The Morgan fingerprint density at radius 1 is 1.00 bits per heavy atom. The third-order valence-electron chi connectivity index (χ3n) is 4.87. The number of nitrogens with zero attached hydrogens (tertiary/aromatic N) is 2. The Morgan fingerprint density at radius 2 is 1.74 bits per heavy atom. The molecule has 2 aromatic rings. The molecule has 27 heavy (non-hydrogen) atoms. The maximum absolute atomic E-state index is 11.9. The van der Waals surface area contributed by atoms with Crippen molar-refractivity contribution in [3.8, 4) is 23.0 Å². The number of hydrogen-bond acceptors (Lipinski definition) is 6. The van der Waals surface area contributed by atoms with E-state index in [2.05, 4.69) is 9.30 Å². The summed E-state index contributed by atoms with van der Waals surface area (Å²) in [6, 6.07) is 11.7. The Kier molecular flexibility index (Phi) is 4.43. The minimum Gasteiger partial charge on any atom is -0.504 e. The first kappa shape index (κ1) is 17.7. The van der Waals surface area contributed by atoms with Gasteiger partial charge in [0.1, 0.15) is 17.3 Å². The van der Waals surface area contributed by atoms with E-state index in [-0.39, 0.29) is 23.2 Å². The number of amidine groups is 1. The van der Waals surface area contributed by atoms with Crippen LogP contribution in [0.3, 0.4) is 0 Å². The lowest BCUT2D eigenvalue weighted by Gasteiger charge is -2.37. The van der Waals surface area contributed by atoms with Crippen molar-refractivity contribution in [2.24, 2.45) is 4.40 Å². The van der Waals surface area contributed by atoms with Crippen molar-refractivity contribution in [1.29, 1.82) is 0 Å². The highest BCUT2D eigenvalue weighted by molar-refractivity contribution is 7.90. The summed E-state index contributed by atoms with van der Waals surface area (Å²) in [5, 5.41) is 18.9. The lowest BCUT2D eigenvalue weighted by molar-refractivity contribution is 0.366. The van der Waals surface area contributed by atoms with Gasteiger partial charge >= 0.3 is 0 Å². The molecule has 142 valence electrons. The molecule has 7 nitrogen and oxygen atoms in total. The molecule has 0 aliphatic carbocycles. The van der Waals surface area contributed by atoms with Crippen molar-refractivity contribution in [2.45, 2.75) is 18.8 Å². The van der Waals surface area contributed by atoms with E-state index in [0.29, 0.717) is 23.9 Å². The first-order valence-corrected chi connectivity index (χ1v) is 10.4. The van der Waals surface area contributed by atoms with Crippen LogP contribution in [-0.2, 0) is 10.0 Å². The van der Waals surface area contributed by atoms with Crippen molar-refractivity contribution in [1.82, 2.24) is 4.90 Å². The zero-order valence-electron chi connectivity index (χ0n) is 14.6. The van der Waals surface area contributed by atoms with Crippen LogP contribution in [0.1, 0.15) is 24.3 Å². The first-order valence-electron chi connectivity index (χ1n) is 8.78. The van der Waals surface area contributed by atoms with E-state index in [1.807, 2.05) is 12.1 Å². The van der Waals surface area contributed by atoms with Gasteiger partial charge in [0.25, 0.3) is 10.0 Å². The van der Waals surface area contributed by atoms with Crippen LogP contribution in [0.15, 0.2) is 46.9 Å². The smallest absolute Gasteiger partial charge is 0.256 e. The van der Waals surface area contributed by atoms with E-state index >= 15 is 0 Å². The number of fused-ring (bicyclic) bond motifs is 1. The Labute approximate surface area is 157 Å². The summed E-state index contributed by atoms with van der Waals surface area (Å²) in [4.78, 5) is 2.07. The van der Waals surface area contributed by atoms with Crippen LogP contribution in [0.5, 0.6) is 23.0 Å². The predicted molar refractivity (Wildman–Crippen MR) is 101 cm³/mol. The molecule has 4 rings (SSSR count). The number of ether oxygens (including phenoxy) is 1. The number of piperidine rings is 1. The van der Waals surface area contributed by atoms with Crippen molar-refractivity contribution in [3.63, 3.8) is 0 Å². The van der Waals surface area contributed by atoms with Gasteiger partial charge in [0.05, 0.1) is 5.75 Å². The van der Waals surface area contributed by atoms with Crippen LogP contribution in [0.25, 0.3) is 0 Å². The van der Waals surface area contributed by atoms with Gasteiger partial charge in [0, 0.05) is 25.1 Å². The summed E-state index contributed by atoms with van der Waals surface area (Å²) < 4.78 is 33.6. The van der Waals surface area contributed by atoms with E-state index in [9.17, 15) is 18.6 Å². The number of hydrogen-bond donors (Lipinski definition) is 2. The maximum atomic E-state index is 11.9. The highest BCUT2D eigenvalue weighted by atomic mass is 32.2. The van der Waals surface area contributed by atoms with Gasteiger partial charge in [0.2, 0.25) is 0 Å². The third kappa shape index (κ3) is 3.71. The predicted octanol–water partition coefficient (Wildman–Crippen LogP) is 2.81. The van der Waals surface area contributed by atoms with E-state index in [4.69, 9.17) is 4.74 Å². The number of sulfonamides is 1. The molecule has 1 saturated heterocycles. The van der Waals surface area contributed by atoms with Gasteiger partial charge in [-0.2, -0.15) is 0 Å². The topological polar surface area (TPSA) is 99.4 Å². The first-order chi connectivity index (χ1) is 12.9. The largest absolute Gasteiger partial charge is 0.504 e. The van der Waals surface area contributed by atoms with Crippen LogP contribution in [-0.4, -0.2) is 48.2 Å². The SMILES string of the molecule is O=S1(=O)CCN2CCCC(c3ccc(Oc4ccc(O)c(O)c4)cc3)C2=N1. The van der Waals surface area contributed by atoms with Gasteiger partial charge < -0.3 is 19.8 Å². The molecule has 2 N–H and O–H groups in total. The summed E-state index contributed by atoms with van der Waals surface area (Å²) in [6.07, 6.45) is 1.85. The summed E-state index contributed by atoms with van der Waals surface area (Å²) >= 11 is 0. The second kappa shape index (κ2) is 6.77. The van der Waals surface area contributed by atoms with Crippen LogP contribution in [0, 0.1) is 0 Å². The third-order valence-corrected chi connectivity index (χ3v) is 6.04. The molecule has 0 aromatic heterocycles. The number of benzene rings is 2. The molecule has 2 aliphatic heterocycles. The fourth-order valence-corrected chi connectivity index (χ4v) is 4.57. The summed E-state index contributed by atoms with van der Waals surface area (Å²) in [5.74, 6) is 1.21. The van der Waals surface area contributed by atoms with Crippen LogP contribution in [0.2, 0.25) is 0 Å². The highest BCUT2D eigenvalue weighted by Crippen LogP contribution is 2.34. The summed E-state index contributed by atoms with van der Waals surface area (Å²) in [6.45, 7) is 1.35. The van der Waals surface area contributed by atoms with Crippen LogP contribution < -0.4 is 4.74 Å². The molecule has 2 heterocycles.